The Morgan fingerprint density at radius 3 is 2.00 bits per heavy atom. The molecule has 2 unspecified atom stereocenters. The highest BCUT2D eigenvalue weighted by Gasteiger charge is 2.37. The minimum absolute atomic E-state index is 0.0843. The topological polar surface area (TPSA) is 145 Å². The number of likely N-dealkylation sites (tertiary alicyclic amines) is 1. The summed E-state index contributed by atoms with van der Waals surface area (Å²) in [6, 6.07) is 11.7. The van der Waals surface area contributed by atoms with E-state index in [2.05, 4.69) is 39.3 Å². The molecule has 238 valence electrons. The molecule has 45 heavy (non-hydrogen) atoms. The van der Waals surface area contributed by atoms with E-state index in [9.17, 15) is 14.4 Å². The summed E-state index contributed by atoms with van der Waals surface area (Å²) in [7, 11) is 0. The van der Waals surface area contributed by atoms with Crippen LogP contribution < -0.4 is 26.4 Å². The molecular weight excluding hydrogens is 613 g/mol. The average molecular weight is 651 g/mol. The highest BCUT2D eigenvalue weighted by molar-refractivity contribution is 8.00. The van der Waals surface area contributed by atoms with Crippen LogP contribution in [0.15, 0.2) is 56.4 Å². The van der Waals surface area contributed by atoms with Crippen LogP contribution in [0, 0.1) is 5.92 Å². The van der Waals surface area contributed by atoms with Gasteiger partial charge in [-0.1, -0.05) is 6.07 Å². The minimum Gasteiger partial charge on any atom is -0.444 e. The molecular formula is C31H38N8O4S2. The molecule has 0 bridgehead atoms. The van der Waals surface area contributed by atoms with Crippen LogP contribution in [-0.2, 0) is 20.7 Å². The van der Waals surface area contributed by atoms with Crippen molar-refractivity contribution >= 4 is 70.2 Å². The van der Waals surface area contributed by atoms with Gasteiger partial charge in [0.15, 0.2) is 0 Å². The first kappa shape index (κ1) is 31.1. The molecule has 0 saturated carbocycles. The maximum absolute atomic E-state index is 12.1. The molecule has 1 saturated heterocycles. The van der Waals surface area contributed by atoms with Gasteiger partial charge in [0.1, 0.15) is 29.4 Å². The number of carbonyl (C=O) groups excluding carboxylic acids is 3. The maximum atomic E-state index is 12.1. The number of hydrazone groups is 2. The zero-order chi connectivity index (χ0) is 32.0. The first-order valence-electron chi connectivity index (χ1n) is 14.9. The number of ether oxygens (including phenoxy) is 1. The van der Waals surface area contributed by atoms with Crippen molar-refractivity contribution in [1.29, 1.82) is 0 Å². The molecule has 12 nitrogen and oxygen atoms in total. The summed E-state index contributed by atoms with van der Waals surface area (Å²) < 4.78 is 5.42. The van der Waals surface area contributed by atoms with Gasteiger partial charge in [0.25, 0.3) is 11.8 Å². The number of fused-ring (bicyclic) bond motifs is 6. The number of anilines is 3. The number of nitrogens with one attached hydrogen (secondary N) is 2. The number of nitrogens with two attached hydrogens (primary N) is 1. The van der Waals surface area contributed by atoms with Gasteiger partial charge in [-0.2, -0.15) is 10.2 Å². The molecule has 7 rings (SSSR count). The molecule has 2 aromatic carbocycles. The second-order valence-corrected chi connectivity index (χ2v) is 14.7. The van der Waals surface area contributed by atoms with Gasteiger partial charge in [-0.25, -0.2) is 15.6 Å². The molecule has 0 aromatic heterocycles. The van der Waals surface area contributed by atoms with Crippen LogP contribution in [0.1, 0.15) is 40.2 Å². The number of nitrogen functional groups attached to an aromatic ring is 1. The van der Waals surface area contributed by atoms with Crippen LogP contribution in [0.4, 0.5) is 21.9 Å². The van der Waals surface area contributed by atoms with E-state index in [-0.39, 0.29) is 30.0 Å². The summed E-state index contributed by atoms with van der Waals surface area (Å²) >= 11 is 3.45. The zero-order valence-corrected chi connectivity index (χ0v) is 27.6. The van der Waals surface area contributed by atoms with Gasteiger partial charge in [0.05, 0.1) is 22.9 Å². The summed E-state index contributed by atoms with van der Waals surface area (Å²) in [6.07, 6.45) is 0.664. The summed E-state index contributed by atoms with van der Waals surface area (Å²) in [4.78, 5) is 43.9. The van der Waals surface area contributed by atoms with Crippen molar-refractivity contribution in [1.82, 2.24) is 15.8 Å². The van der Waals surface area contributed by atoms with E-state index in [1.54, 1.807) is 28.4 Å². The van der Waals surface area contributed by atoms with E-state index >= 15 is 0 Å². The number of amidine groups is 2. The predicted octanol–water partition coefficient (Wildman–Crippen LogP) is 3.85. The first-order valence-corrected chi connectivity index (χ1v) is 16.9. The number of hydrogen-bond acceptors (Lipinski definition) is 11. The fourth-order valence-corrected chi connectivity index (χ4v) is 7.67. The Morgan fingerprint density at radius 2 is 1.44 bits per heavy atom. The van der Waals surface area contributed by atoms with Gasteiger partial charge in [0.2, 0.25) is 0 Å². The Hall–Kier alpha value is -3.91. The number of nitrogens with zero attached hydrogens (tertiary/aromatic N) is 5. The molecule has 0 radical (unpaired) electrons. The van der Waals surface area contributed by atoms with Crippen LogP contribution in [0.25, 0.3) is 0 Å². The molecule has 4 N–H and O–H groups in total. The van der Waals surface area contributed by atoms with Crippen molar-refractivity contribution in [3.05, 3.63) is 42.0 Å². The first-order chi connectivity index (χ1) is 21.4. The van der Waals surface area contributed by atoms with Gasteiger partial charge in [-0.3, -0.25) is 9.59 Å². The summed E-state index contributed by atoms with van der Waals surface area (Å²) in [5.41, 5.74) is 14.4. The van der Waals surface area contributed by atoms with Gasteiger partial charge in [-0.15, -0.1) is 23.5 Å². The summed E-state index contributed by atoms with van der Waals surface area (Å²) in [5.74, 6) is 3.54. The maximum Gasteiger partial charge on any atom is 0.410 e. The fourth-order valence-electron chi connectivity index (χ4n) is 5.75. The van der Waals surface area contributed by atoms with E-state index in [0.717, 1.165) is 59.0 Å². The summed E-state index contributed by atoms with van der Waals surface area (Å²) in [6.45, 7) is 10.9. The quantitative estimate of drug-likeness (QED) is 0.413. The number of rotatable bonds is 2. The molecule has 2 aromatic rings. The van der Waals surface area contributed by atoms with Crippen molar-refractivity contribution < 1.29 is 19.1 Å². The number of benzene rings is 2. The van der Waals surface area contributed by atoms with E-state index in [4.69, 9.17) is 10.5 Å². The minimum atomic E-state index is -0.463. The third-order valence-corrected chi connectivity index (χ3v) is 10.2. The van der Waals surface area contributed by atoms with E-state index in [0.29, 0.717) is 11.6 Å². The molecule has 5 aliphatic rings. The van der Waals surface area contributed by atoms with Gasteiger partial charge in [0, 0.05) is 28.6 Å². The third-order valence-electron chi connectivity index (χ3n) is 8.05. The van der Waals surface area contributed by atoms with Gasteiger partial charge < -0.3 is 25.2 Å². The smallest absolute Gasteiger partial charge is 0.410 e. The van der Waals surface area contributed by atoms with Crippen molar-refractivity contribution in [2.24, 2.45) is 16.1 Å². The second kappa shape index (κ2) is 12.1. The van der Waals surface area contributed by atoms with Crippen LogP contribution >= 0.6 is 23.5 Å². The Kier molecular flexibility index (Phi) is 8.37. The number of amides is 3. The summed E-state index contributed by atoms with van der Waals surface area (Å²) in [5, 5.41) is 8.32. The lowest BCUT2D eigenvalue weighted by atomic mass is 9.92. The average Bonchev–Trinajstić information content (AvgIpc) is 2.97. The molecule has 3 amide bonds. The third kappa shape index (κ3) is 6.43. The van der Waals surface area contributed by atoms with Crippen molar-refractivity contribution in [3.63, 3.8) is 0 Å². The largest absolute Gasteiger partial charge is 0.444 e. The normalized spacial score (nSPS) is 22.1. The molecule has 5 heterocycles. The molecule has 2 atom stereocenters. The van der Waals surface area contributed by atoms with E-state index in [1.165, 1.54) is 10.5 Å². The molecule has 0 aliphatic carbocycles. The lowest BCUT2D eigenvalue weighted by Gasteiger charge is -2.40. The lowest BCUT2D eigenvalue weighted by molar-refractivity contribution is -0.123. The van der Waals surface area contributed by atoms with E-state index in [1.807, 2.05) is 62.6 Å². The SMILES string of the molecule is CC1C(=O)NN=C2CSc3ccc(CC4CN(C(=O)OC(C)(C)C)C4)cc3N21.CC1C(=O)NN=C2CSc3ccc(N)cc3N21. The highest BCUT2D eigenvalue weighted by atomic mass is 32.2. The standard InChI is InChI=1S/C20H26N4O3S.C11H12N4OS/c1-12-18(25)22-21-17-11-28-16-6-5-13(8-15(16)24(12)17)7-14-9-23(10-14)19(26)27-20(2,3)4;1-6-11(16)14-13-10-5-17-9-3-2-7(12)4-8(9)15(6)10/h5-6,8,12,14H,7,9-11H2,1-4H3,(H,22,25);2-4,6H,5,12H2,1H3,(H,14,16). The second-order valence-electron chi connectivity index (χ2n) is 12.7. The Bertz CT molecular complexity index is 1600. The monoisotopic (exact) mass is 650 g/mol. The number of hydrogen-bond donors (Lipinski definition) is 3. The lowest BCUT2D eigenvalue weighted by Crippen LogP contribution is -2.54. The van der Waals surface area contributed by atoms with Gasteiger partial charge in [-0.05, 0) is 82.9 Å². The molecule has 0 spiro atoms. The Balaban J connectivity index is 0.000000179. The van der Waals surface area contributed by atoms with Crippen LogP contribution in [-0.4, -0.2) is 76.8 Å². The molecule has 14 heteroatoms. The van der Waals surface area contributed by atoms with Crippen LogP contribution in [0.2, 0.25) is 0 Å². The number of thioether (sulfide) groups is 2. The van der Waals surface area contributed by atoms with Crippen molar-refractivity contribution in [3.8, 4) is 0 Å². The van der Waals surface area contributed by atoms with Crippen molar-refractivity contribution in [2.45, 2.75) is 68.5 Å². The van der Waals surface area contributed by atoms with Crippen LogP contribution in [0.5, 0.6) is 0 Å². The Labute approximate surface area is 271 Å². The number of carbonyl (C=O) groups is 3. The highest BCUT2D eigenvalue weighted by Crippen LogP contribution is 2.40. The Morgan fingerprint density at radius 1 is 0.911 bits per heavy atom. The molecule has 5 aliphatic heterocycles. The van der Waals surface area contributed by atoms with E-state index < -0.39 is 5.60 Å². The van der Waals surface area contributed by atoms with Crippen LogP contribution in [0.3, 0.4) is 0 Å². The molecule has 1 fully saturated rings. The van der Waals surface area contributed by atoms with Crippen molar-refractivity contribution in [2.75, 3.05) is 40.1 Å². The van der Waals surface area contributed by atoms with Gasteiger partial charge >= 0.3 is 6.09 Å². The zero-order valence-electron chi connectivity index (χ0n) is 26.0. The fraction of sp³-hybridized carbons (Fsp3) is 0.452. The predicted molar refractivity (Wildman–Crippen MR) is 179 cm³/mol.